The van der Waals surface area contributed by atoms with Gasteiger partial charge in [0.2, 0.25) is 0 Å². The van der Waals surface area contributed by atoms with Gasteiger partial charge in [-0.25, -0.2) is 9.18 Å². The van der Waals surface area contributed by atoms with Crippen molar-refractivity contribution in [2.45, 2.75) is 26.4 Å². The normalized spacial score (nSPS) is 11.0. The molecule has 2 rings (SSSR count). The van der Waals surface area contributed by atoms with Crippen molar-refractivity contribution in [1.82, 2.24) is 9.13 Å². The van der Waals surface area contributed by atoms with Gasteiger partial charge in [-0.3, -0.25) is 9.13 Å². The van der Waals surface area contributed by atoms with Gasteiger partial charge in [0.15, 0.2) is 0 Å². The molecule has 0 aliphatic rings. The fourth-order valence-corrected chi connectivity index (χ4v) is 2.17. The Labute approximate surface area is 121 Å². The minimum absolute atomic E-state index is 0.0106. The Hall–Kier alpha value is -1.95. The Morgan fingerprint density at radius 2 is 2.10 bits per heavy atom. The van der Waals surface area contributed by atoms with E-state index in [4.69, 9.17) is 18.0 Å². The van der Waals surface area contributed by atoms with E-state index in [9.17, 15) is 9.18 Å². The molecule has 0 atom stereocenters. The SMILES string of the molecule is CC(C)n1ccn(Cc2cccc(C(N)=S)c2F)c1=O. The minimum atomic E-state index is -0.468. The van der Waals surface area contributed by atoms with Gasteiger partial charge in [0.25, 0.3) is 0 Å². The Balaban J connectivity index is 2.39. The maximum absolute atomic E-state index is 14.2. The highest BCUT2D eigenvalue weighted by molar-refractivity contribution is 7.80. The van der Waals surface area contributed by atoms with Crippen LogP contribution in [-0.2, 0) is 6.54 Å². The van der Waals surface area contributed by atoms with Crippen molar-refractivity contribution in [2.24, 2.45) is 5.73 Å². The lowest BCUT2D eigenvalue weighted by Gasteiger charge is -2.08. The second kappa shape index (κ2) is 5.58. The third-order valence-electron chi connectivity index (χ3n) is 3.11. The summed E-state index contributed by atoms with van der Waals surface area (Å²) in [6, 6.07) is 4.90. The number of rotatable bonds is 4. The van der Waals surface area contributed by atoms with E-state index in [1.807, 2.05) is 13.8 Å². The molecule has 0 saturated heterocycles. The molecule has 6 heteroatoms. The number of nitrogens with zero attached hydrogens (tertiary/aromatic N) is 2. The lowest BCUT2D eigenvalue weighted by Crippen LogP contribution is -2.26. The maximum atomic E-state index is 14.2. The van der Waals surface area contributed by atoms with Gasteiger partial charge in [-0.2, -0.15) is 0 Å². The zero-order valence-corrected chi connectivity index (χ0v) is 12.2. The number of halogens is 1. The first-order chi connectivity index (χ1) is 9.41. The summed E-state index contributed by atoms with van der Waals surface area (Å²) in [7, 11) is 0. The summed E-state index contributed by atoms with van der Waals surface area (Å²) in [4.78, 5) is 12.1. The summed E-state index contributed by atoms with van der Waals surface area (Å²) in [5, 5.41) is 0. The van der Waals surface area contributed by atoms with Gasteiger partial charge in [0, 0.05) is 29.6 Å². The van der Waals surface area contributed by atoms with Crippen molar-refractivity contribution in [3.05, 3.63) is 58.0 Å². The second-order valence-corrected chi connectivity index (χ2v) is 5.29. The smallest absolute Gasteiger partial charge is 0.328 e. The molecule has 2 aromatic rings. The van der Waals surface area contributed by atoms with E-state index in [-0.39, 0.29) is 28.8 Å². The highest BCUT2D eigenvalue weighted by Crippen LogP contribution is 2.14. The van der Waals surface area contributed by atoms with Crippen LogP contribution in [0.4, 0.5) is 4.39 Å². The van der Waals surface area contributed by atoms with Crippen molar-refractivity contribution < 1.29 is 4.39 Å². The third kappa shape index (κ3) is 2.65. The van der Waals surface area contributed by atoms with E-state index in [1.54, 1.807) is 29.1 Å². The number of imidazole rings is 1. The summed E-state index contributed by atoms with van der Waals surface area (Å²) < 4.78 is 17.3. The average Bonchev–Trinajstić information content (AvgIpc) is 2.73. The second-order valence-electron chi connectivity index (χ2n) is 4.85. The fraction of sp³-hybridized carbons (Fsp3) is 0.286. The first kappa shape index (κ1) is 14.5. The van der Waals surface area contributed by atoms with Crippen molar-refractivity contribution in [3.8, 4) is 0 Å². The lowest BCUT2D eigenvalue weighted by molar-refractivity contribution is 0.553. The summed E-state index contributed by atoms with van der Waals surface area (Å²) in [6.45, 7) is 3.99. The first-order valence-corrected chi connectivity index (χ1v) is 6.67. The maximum Gasteiger partial charge on any atom is 0.328 e. The molecule has 1 aromatic heterocycles. The van der Waals surface area contributed by atoms with Crippen LogP contribution in [0.1, 0.15) is 31.0 Å². The summed E-state index contributed by atoms with van der Waals surface area (Å²) in [6.07, 6.45) is 3.34. The highest BCUT2D eigenvalue weighted by Gasteiger charge is 2.12. The first-order valence-electron chi connectivity index (χ1n) is 6.26. The molecule has 0 spiro atoms. The highest BCUT2D eigenvalue weighted by atomic mass is 32.1. The van der Waals surface area contributed by atoms with Crippen molar-refractivity contribution >= 4 is 17.2 Å². The van der Waals surface area contributed by atoms with Crippen LogP contribution in [0.25, 0.3) is 0 Å². The molecule has 106 valence electrons. The quantitative estimate of drug-likeness (QED) is 0.878. The Bertz CT molecular complexity index is 703. The van der Waals surface area contributed by atoms with Crippen molar-refractivity contribution in [2.75, 3.05) is 0 Å². The van der Waals surface area contributed by atoms with Crippen LogP contribution in [0.5, 0.6) is 0 Å². The molecule has 0 aliphatic carbocycles. The van der Waals surface area contributed by atoms with Crippen LogP contribution in [0.3, 0.4) is 0 Å². The number of hydrogen-bond donors (Lipinski definition) is 1. The average molecular weight is 293 g/mol. The van der Waals surface area contributed by atoms with Crippen molar-refractivity contribution in [1.29, 1.82) is 0 Å². The Morgan fingerprint density at radius 3 is 2.65 bits per heavy atom. The largest absolute Gasteiger partial charge is 0.389 e. The molecule has 20 heavy (non-hydrogen) atoms. The van der Waals surface area contributed by atoms with E-state index in [0.29, 0.717) is 5.56 Å². The molecule has 0 saturated carbocycles. The standard InChI is InChI=1S/C14H16FN3OS/c1-9(2)18-7-6-17(14(18)19)8-10-4-3-5-11(12(10)15)13(16)20/h3-7,9H,8H2,1-2H3,(H2,16,20). The fourth-order valence-electron chi connectivity index (χ4n) is 2.02. The molecule has 0 fully saturated rings. The lowest BCUT2D eigenvalue weighted by atomic mass is 10.1. The van der Waals surface area contributed by atoms with Gasteiger partial charge in [-0.1, -0.05) is 24.4 Å². The summed E-state index contributed by atoms with van der Waals surface area (Å²) >= 11 is 4.80. The van der Waals surface area contributed by atoms with Crippen molar-refractivity contribution in [3.63, 3.8) is 0 Å². The molecule has 4 nitrogen and oxygen atoms in total. The molecule has 1 heterocycles. The predicted molar refractivity (Wildman–Crippen MR) is 80.5 cm³/mol. The van der Waals surface area contributed by atoms with Crippen LogP contribution < -0.4 is 11.4 Å². The third-order valence-corrected chi connectivity index (χ3v) is 3.33. The molecule has 0 radical (unpaired) electrons. The Morgan fingerprint density at radius 1 is 1.40 bits per heavy atom. The van der Waals surface area contributed by atoms with Crippen LogP contribution in [0.2, 0.25) is 0 Å². The topological polar surface area (TPSA) is 52.9 Å². The van der Waals surface area contributed by atoms with Crippen LogP contribution in [0, 0.1) is 5.82 Å². The molecule has 0 bridgehead atoms. The van der Waals surface area contributed by atoms with Gasteiger partial charge in [-0.15, -0.1) is 0 Å². The molecular formula is C14H16FN3OS. The van der Waals surface area contributed by atoms with Crippen LogP contribution in [-0.4, -0.2) is 14.1 Å². The van der Waals surface area contributed by atoms with Crippen LogP contribution in [0.15, 0.2) is 35.4 Å². The molecule has 0 amide bonds. The monoisotopic (exact) mass is 293 g/mol. The van der Waals surface area contributed by atoms with Gasteiger partial charge in [0.1, 0.15) is 10.8 Å². The minimum Gasteiger partial charge on any atom is -0.389 e. The molecule has 1 aromatic carbocycles. The van der Waals surface area contributed by atoms with Crippen LogP contribution >= 0.6 is 12.2 Å². The Kier molecular flexibility index (Phi) is 4.04. The predicted octanol–water partition coefficient (Wildman–Crippen LogP) is 2.05. The number of benzene rings is 1. The number of hydrogen-bond acceptors (Lipinski definition) is 2. The molecule has 0 aliphatic heterocycles. The van der Waals surface area contributed by atoms with Gasteiger partial charge in [-0.05, 0) is 19.9 Å². The molecule has 2 N–H and O–H groups in total. The zero-order valence-electron chi connectivity index (χ0n) is 11.3. The summed E-state index contributed by atoms with van der Waals surface area (Å²) in [5.74, 6) is -0.468. The molecular weight excluding hydrogens is 277 g/mol. The van der Waals surface area contributed by atoms with E-state index in [2.05, 4.69) is 0 Å². The summed E-state index contributed by atoms with van der Waals surface area (Å²) in [5.41, 5.74) is 5.89. The number of nitrogens with two attached hydrogens (primary N) is 1. The van der Waals surface area contributed by atoms with Gasteiger partial charge in [0.05, 0.1) is 6.54 Å². The number of aromatic nitrogens is 2. The molecule has 0 unspecified atom stereocenters. The van der Waals surface area contributed by atoms with Gasteiger partial charge >= 0.3 is 5.69 Å². The van der Waals surface area contributed by atoms with E-state index in [0.717, 1.165) is 0 Å². The number of thiocarbonyl (C=S) groups is 1. The van der Waals surface area contributed by atoms with E-state index >= 15 is 0 Å². The zero-order chi connectivity index (χ0) is 14.9. The van der Waals surface area contributed by atoms with Gasteiger partial charge < -0.3 is 5.73 Å². The van der Waals surface area contributed by atoms with E-state index < -0.39 is 5.82 Å². The van der Waals surface area contributed by atoms with E-state index in [1.165, 1.54) is 10.6 Å².